The van der Waals surface area contributed by atoms with Crippen LogP contribution in [0.3, 0.4) is 0 Å². The van der Waals surface area contributed by atoms with Crippen LogP contribution < -0.4 is 10.1 Å². The Morgan fingerprint density at radius 1 is 1.13 bits per heavy atom. The number of nitro benzene ring substituents is 1. The maximum Gasteiger partial charge on any atom is 0.272 e. The lowest BCUT2D eigenvalue weighted by molar-refractivity contribution is -0.385. The number of aliphatic hydroxyl groups is 1. The monoisotopic (exact) mass is 439 g/mol. The van der Waals surface area contributed by atoms with Crippen molar-refractivity contribution in [2.45, 2.75) is 6.54 Å². The number of aromatic nitrogens is 1. The van der Waals surface area contributed by atoms with E-state index in [0.717, 1.165) is 26.8 Å². The highest BCUT2D eigenvalue weighted by Crippen LogP contribution is 2.39. The standard InChI is InChI=1S/C22H18FN3O4S/c23-17-11-16(26(28)29)5-6-19(17)30-20-7-8-25-18-12-21(31-22(18)20)15-3-1-14(2-4-15)13-24-9-10-27/h1-8,11-12,24,27H,9-10,13H2. The molecule has 4 aromatic rings. The predicted molar refractivity (Wildman–Crippen MR) is 117 cm³/mol. The fraction of sp³-hybridized carbons (Fsp3) is 0.136. The summed E-state index contributed by atoms with van der Waals surface area (Å²) in [5.74, 6) is -0.465. The second kappa shape index (κ2) is 9.17. The molecule has 2 heterocycles. The number of nitro groups is 1. The van der Waals surface area contributed by atoms with Gasteiger partial charge in [0.25, 0.3) is 5.69 Å². The number of hydrogen-bond donors (Lipinski definition) is 2. The summed E-state index contributed by atoms with van der Waals surface area (Å²) in [4.78, 5) is 15.5. The molecule has 0 saturated heterocycles. The Kier molecular flexibility index (Phi) is 6.17. The van der Waals surface area contributed by atoms with E-state index < -0.39 is 10.7 Å². The molecule has 0 amide bonds. The van der Waals surface area contributed by atoms with Crippen molar-refractivity contribution in [3.8, 4) is 21.9 Å². The molecular weight excluding hydrogens is 421 g/mol. The van der Waals surface area contributed by atoms with Crippen LogP contribution >= 0.6 is 11.3 Å². The van der Waals surface area contributed by atoms with Crippen molar-refractivity contribution in [3.63, 3.8) is 0 Å². The van der Waals surface area contributed by atoms with E-state index in [0.29, 0.717) is 24.4 Å². The van der Waals surface area contributed by atoms with Gasteiger partial charge in [-0.1, -0.05) is 24.3 Å². The van der Waals surface area contributed by atoms with Crippen LogP contribution in [-0.4, -0.2) is 28.2 Å². The molecule has 0 bridgehead atoms. The van der Waals surface area contributed by atoms with Gasteiger partial charge in [0.1, 0.15) is 5.75 Å². The first-order valence-corrected chi connectivity index (χ1v) is 10.3. The third-order valence-corrected chi connectivity index (χ3v) is 5.77. The molecule has 2 aromatic heterocycles. The zero-order valence-corrected chi connectivity index (χ0v) is 17.1. The highest BCUT2D eigenvalue weighted by atomic mass is 32.1. The van der Waals surface area contributed by atoms with Crippen molar-refractivity contribution >= 4 is 27.2 Å². The fourth-order valence-corrected chi connectivity index (χ4v) is 4.11. The zero-order valence-electron chi connectivity index (χ0n) is 16.2. The van der Waals surface area contributed by atoms with Crippen LogP contribution in [0.2, 0.25) is 0 Å². The van der Waals surface area contributed by atoms with Gasteiger partial charge in [0.2, 0.25) is 0 Å². The highest BCUT2D eigenvalue weighted by Gasteiger charge is 2.15. The fourth-order valence-electron chi connectivity index (χ4n) is 3.04. The van der Waals surface area contributed by atoms with E-state index in [4.69, 9.17) is 9.84 Å². The molecule has 158 valence electrons. The maximum absolute atomic E-state index is 14.3. The lowest BCUT2D eigenvalue weighted by atomic mass is 10.1. The molecule has 4 rings (SSSR count). The highest BCUT2D eigenvalue weighted by molar-refractivity contribution is 7.22. The van der Waals surface area contributed by atoms with Crippen LogP contribution in [0.5, 0.6) is 11.5 Å². The lowest BCUT2D eigenvalue weighted by Crippen LogP contribution is -2.17. The number of pyridine rings is 1. The minimum Gasteiger partial charge on any atom is -0.453 e. The molecule has 2 N–H and O–H groups in total. The third kappa shape index (κ3) is 4.69. The van der Waals surface area contributed by atoms with E-state index in [2.05, 4.69) is 10.3 Å². The van der Waals surface area contributed by atoms with E-state index in [9.17, 15) is 14.5 Å². The van der Waals surface area contributed by atoms with Gasteiger partial charge in [-0.3, -0.25) is 15.1 Å². The third-order valence-electron chi connectivity index (χ3n) is 4.58. The van der Waals surface area contributed by atoms with Crippen molar-refractivity contribution in [3.05, 3.63) is 82.3 Å². The number of ether oxygens (including phenoxy) is 1. The van der Waals surface area contributed by atoms with Gasteiger partial charge in [-0.15, -0.1) is 11.3 Å². The number of nitrogens with zero attached hydrogens (tertiary/aromatic N) is 2. The number of benzene rings is 2. The molecule has 7 nitrogen and oxygen atoms in total. The summed E-state index contributed by atoms with van der Waals surface area (Å²) in [6.45, 7) is 1.32. The number of rotatable bonds is 8. The Bertz CT molecular complexity index is 1230. The second-order valence-electron chi connectivity index (χ2n) is 6.71. The van der Waals surface area contributed by atoms with Gasteiger partial charge in [0.15, 0.2) is 11.6 Å². The molecular formula is C22H18FN3O4S. The Morgan fingerprint density at radius 3 is 2.65 bits per heavy atom. The number of nitrogens with one attached hydrogen (secondary N) is 1. The second-order valence-corrected chi connectivity index (χ2v) is 7.76. The van der Waals surface area contributed by atoms with Gasteiger partial charge in [-0.2, -0.15) is 0 Å². The van der Waals surface area contributed by atoms with E-state index in [-0.39, 0.29) is 18.0 Å². The molecule has 9 heteroatoms. The van der Waals surface area contributed by atoms with Crippen LogP contribution in [0.25, 0.3) is 20.7 Å². The molecule has 0 radical (unpaired) electrons. The van der Waals surface area contributed by atoms with Crippen molar-refractivity contribution < 1.29 is 19.2 Å². The van der Waals surface area contributed by atoms with Gasteiger partial charge in [-0.25, -0.2) is 4.39 Å². The topological polar surface area (TPSA) is 97.5 Å². The average molecular weight is 439 g/mol. The summed E-state index contributed by atoms with van der Waals surface area (Å²) in [6, 6.07) is 14.9. The Balaban J connectivity index is 1.59. The van der Waals surface area contributed by atoms with Crippen LogP contribution in [0, 0.1) is 15.9 Å². The Morgan fingerprint density at radius 2 is 1.94 bits per heavy atom. The molecule has 0 atom stereocenters. The van der Waals surface area contributed by atoms with Crippen molar-refractivity contribution in [2.24, 2.45) is 0 Å². The minimum atomic E-state index is -0.804. The number of fused-ring (bicyclic) bond motifs is 1. The van der Waals surface area contributed by atoms with E-state index in [1.165, 1.54) is 23.5 Å². The van der Waals surface area contributed by atoms with Gasteiger partial charge < -0.3 is 15.2 Å². The number of thiophene rings is 1. The Hall–Kier alpha value is -3.40. The normalized spacial score (nSPS) is 11.0. The van der Waals surface area contributed by atoms with Crippen LogP contribution in [0.4, 0.5) is 10.1 Å². The number of aliphatic hydroxyl groups excluding tert-OH is 1. The number of non-ortho nitro benzene ring substituents is 1. The quantitative estimate of drug-likeness (QED) is 0.231. The lowest BCUT2D eigenvalue weighted by Gasteiger charge is -2.07. The largest absolute Gasteiger partial charge is 0.453 e. The summed E-state index contributed by atoms with van der Waals surface area (Å²) in [5, 5.41) is 22.8. The zero-order chi connectivity index (χ0) is 21.8. The summed E-state index contributed by atoms with van der Waals surface area (Å²) >= 11 is 1.47. The average Bonchev–Trinajstić information content (AvgIpc) is 3.21. The van der Waals surface area contributed by atoms with Gasteiger partial charge in [-0.05, 0) is 23.3 Å². The number of hydrogen-bond acceptors (Lipinski definition) is 7. The van der Waals surface area contributed by atoms with Gasteiger partial charge in [0, 0.05) is 36.3 Å². The van der Waals surface area contributed by atoms with E-state index in [1.807, 2.05) is 30.3 Å². The molecule has 0 spiro atoms. The SMILES string of the molecule is O=[N+]([O-])c1ccc(Oc2ccnc3cc(-c4ccc(CNCCO)cc4)sc23)c(F)c1. The first-order valence-electron chi connectivity index (χ1n) is 9.46. The first-order chi connectivity index (χ1) is 15.0. The van der Waals surface area contributed by atoms with E-state index in [1.54, 1.807) is 12.3 Å². The maximum atomic E-state index is 14.3. The molecule has 0 fully saturated rings. The van der Waals surface area contributed by atoms with Crippen molar-refractivity contribution in [1.82, 2.24) is 10.3 Å². The Labute approximate surface area is 180 Å². The molecule has 2 aromatic carbocycles. The van der Waals surface area contributed by atoms with Crippen LogP contribution in [0.1, 0.15) is 5.56 Å². The summed E-state index contributed by atoms with van der Waals surface area (Å²) in [5.41, 5.74) is 2.50. The molecule has 0 aliphatic rings. The summed E-state index contributed by atoms with van der Waals surface area (Å²) in [7, 11) is 0. The first kappa shape index (κ1) is 20.9. The molecule has 0 aliphatic carbocycles. The molecule has 0 saturated carbocycles. The number of halogens is 1. The summed E-state index contributed by atoms with van der Waals surface area (Å²) in [6.07, 6.45) is 1.58. The minimum absolute atomic E-state index is 0.0900. The molecule has 0 unspecified atom stereocenters. The van der Waals surface area contributed by atoms with Gasteiger partial charge in [0.05, 0.1) is 27.8 Å². The smallest absolute Gasteiger partial charge is 0.272 e. The van der Waals surface area contributed by atoms with Crippen molar-refractivity contribution in [2.75, 3.05) is 13.2 Å². The summed E-state index contributed by atoms with van der Waals surface area (Å²) < 4.78 is 20.7. The van der Waals surface area contributed by atoms with Crippen LogP contribution in [0.15, 0.2) is 60.8 Å². The molecule has 31 heavy (non-hydrogen) atoms. The molecule has 0 aliphatic heterocycles. The van der Waals surface area contributed by atoms with Crippen molar-refractivity contribution in [1.29, 1.82) is 0 Å². The predicted octanol–water partition coefficient (Wildman–Crippen LogP) is 4.88. The van der Waals surface area contributed by atoms with Gasteiger partial charge >= 0.3 is 0 Å². The van der Waals surface area contributed by atoms with Crippen LogP contribution in [-0.2, 0) is 6.54 Å². The van der Waals surface area contributed by atoms with E-state index >= 15 is 0 Å².